The van der Waals surface area contributed by atoms with E-state index in [1.54, 1.807) is 13.8 Å². The molecule has 0 aromatic rings. The Labute approximate surface area is 111 Å². The van der Waals surface area contributed by atoms with Crippen molar-refractivity contribution in [1.29, 1.82) is 0 Å². The second-order valence-corrected chi connectivity index (χ2v) is 8.39. The van der Waals surface area contributed by atoms with Crippen molar-refractivity contribution in [1.82, 2.24) is 9.80 Å². The highest BCUT2D eigenvalue weighted by Gasteiger charge is 2.32. The Morgan fingerprint density at radius 1 is 1.39 bits per heavy atom. The van der Waals surface area contributed by atoms with Crippen LogP contribution in [0.1, 0.15) is 20.3 Å². The van der Waals surface area contributed by atoms with Gasteiger partial charge in [0.2, 0.25) is 0 Å². The molecule has 18 heavy (non-hydrogen) atoms. The fourth-order valence-electron chi connectivity index (χ4n) is 2.32. The Morgan fingerprint density at radius 2 is 2.00 bits per heavy atom. The summed E-state index contributed by atoms with van der Waals surface area (Å²) in [5.41, 5.74) is 0. The molecule has 0 bridgehead atoms. The number of likely N-dealkylation sites (tertiary alicyclic amines) is 1. The van der Waals surface area contributed by atoms with Gasteiger partial charge in [0.25, 0.3) is 0 Å². The third-order valence-electron chi connectivity index (χ3n) is 3.46. The van der Waals surface area contributed by atoms with Gasteiger partial charge < -0.3 is 10.0 Å². The summed E-state index contributed by atoms with van der Waals surface area (Å²) >= 11 is 0. The minimum absolute atomic E-state index is 0.182. The van der Waals surface area contributed by atoms with E-state index < -0.39 is 9.84 Å². The van der Waals surface area contributed by atoms with Gasteiger partial charge in [-0.15, -0.1) is 0 Å². The van der Waals surface area contributed by atoms with Gasteiger partial charge in [-0.1, -0.05) is 0 Å². The van der Waals surface area contributed by atoms with Crippen LogP contribution in [0.4, 0.5) is 0 Å². The highest BCUT2D eigenvalue weighted by atomic mass is 32.2. The van der Waals surface area contributed by atoms with E-state index in [4.69, 9.17) is 0 Å². The number of β-amino-alcohol motifs (C(OH)–C–C–N with tert-alkyl or cyclic N) is 1. The van der Waals surface area contributed by atoms with Crippen molar-refractivity contribution < 1.29 is 13.5 Å². The summed E-state index contributed by atoms with van der Waals surface area (Å²) in [5.74, 6) is 0.182. The summed E-state index contributed by atoms with van der Waals surface area (Å²) in [4.78, 5) is 4.18. The SMILES string of the molecule is CC(C)S(=O)(=O)CCN1CC(O)CC1CN(C)C. The van der Waals surface area contributed by atoms with E-state index in [1.807, 2.05) is 14.1 Å². The van der Waals surface area contributed by atoms with Crippen LogP contribution in [0.25, 0.3) is 0 Å². The average molecular weight is 278 g/mol. The van der Waals surface area contributed by atoms with Gasteiger partial charge >= 0.3 is 0 Å². The first-order valence-electron chi connectivity index (χ1n) is 6.50. The van der Waals surface area contributed by atoms with Gasteiger partial charge in [-0.25, -0.2) is 8.42 Å². The highest BCUT2D eigenvalue weighted by Crippen LogP contribution is 2.18. The van der Waals surface area contributed by atoms with E-state index in [2.05, 4.69) is 9.80 Å². The number of nitrogens with zero attached hydrogens (tertiary/aromatic N) is 2. The van der Waals surface area contributed by atoms with Crippen LogP contribution in [-0.4, -0.2) is 80.2 Å². The van der Waals surface area contributed by atoms with E-state index in [9.17, 15) is 13.5 Å². The predicted octanol–water partition coefficient (Wildman–Crippen LogP) is -0.194. The molecule has 0 aromatic heterocycles. The van der Waals surface area contributed by atoms with Gasteiger partial charge in [-0.3, -0.25) is 4.90 Å². The molecular weight excluding hydrogens is 252 g/mol. The Balaban J connectivity index is 2.54. The van der Waals surface area contributed by atoms with E-state index >= 15 is 0 Å². The van der Waals surface area contributed by atoms with E-state index in [0.717, 1.165) is 13.0 Å². The fourth-order valence-corrected chi connectivity index (χ4v) is 3.28. The van der Waals surface area contributed by atoms with Crippen molar-refractivity contribution in [2.75, 3.05) is 39.5 Å². The quantitative estimate of drug-likeness (QED) is 0.729. The zero-order valence-corrected chi connectivity index (χ0v) is 12.7. The molecule has 0 amide bonds. The molecule has 1 aliphatic heterocycles. The first kappa shape index (κ1) is 15.9. The third kappa shape index (κ3) is 4.50. The van der Waals surface area contributed by atoms with Crippen LogP contribution in [0.5, 0.6) is 0 Å². The topological polar surface area (TPSA) is 60.9 Å². The van der Waals surface area contributed by atoms with Crippen LogP contribution in [0.2, 0.25) is 0 Å². The van der Waals surface area contributed by atoms with Gasteiger partial charge in [-0.05, 0) is 34.4 Å². The summed E-state index contributed by atoms with van der Waals surface area (Å²) in [5, 5.41) is 9.39. The van der Waals surface area contributed by atoms with Crippen LogP contribution < -0.4 is 0 Å². The highest BCUT2D eigenvalue weighted by molar-refractivity contribution is 7.92. The van der Waals surface area contributed by atoms with Gasteiger partial charge in [0.1, 0.15) is 0 Å². The summed E-state index contributed by atoms with van der Waals surface area (Å²) in [7, 11) is 0.996. The Hall–Kier alpha value is -0.170. The van der Waals surface area contributed by atoms with Gasteiger partial charge in [-0.2, -0.15) is 0 Å². The normalized spacial score (nSPS) is 26.4. The smallest absolute Gasteiger partial charge is 0.153 e. The summed E-state index contributed by atoms with van der Waals surface area (Å²) < 4.78 is 23.6. The minimum Gasteiger partial charge on any atom is -0.392 e. The van der Waals surface area contributed by atoms with Crippen LogP contribution >= 0.6 is 0 Å². The molecule has 1 heterocycles. The monoisotopic (exact) mass is 278 g/mol. The van der Waals surface area contributed by atoms with Gasteiger partial charge in [0, 0.05) is 25.7 Å². The standard InChI is InChI=1S/C12H26N2O3S/c1-10(2)18(16,17)6-5-14-9-12(15)7-11(14)8-13(3)4/h10-12,15H,5-9H2,1-4H3. The summed E-state index contributed by atoms with van der Waals surface area (Å²) in [6, 6.07) is 0.261. The Bertz CT molecular complexity index is 354. The van der Waals surface area contributed by atoms with Crippen molar-refractivity contribution in [2.24, 2.45) is 0 Å². The van der Waals surface area contributed by atoms with E-state index in [-0.39, 0.29) is 23.1 Å². The van der Waals surface area contributed by atoms with Crippen LogP contribution in [0.3, 0.4) is 0 Å². The van der Waals surface area contributed by atoms with E-state index in [1.165, 1.54) is 0 Å². The molecule has 108 valence electrons. The second-order valence-electron chi connectivity index (χ2n) is 5.72. The van der Waals surface area contributed by atoms with E-state index in [0.29, 0.717) is 13.1 Å². The molecule has 2 unspecified atom stereocenters. The molecule has 5 nitrogen and oxygen atoms in total. The van der Waals surface area contributed by atoms with Gasteiger partial charge in [0.05, 0.1) is 17.1 Å². The molecule has 0 aromatic carbocycles. The van der Waals surface area contributed by atoms with Crippen molar-refractivity contribution >= 4 is 9.84 Å². The first-order valence-corrected chi connectivity index (χ1v) is 8.22. The number of aliphatic hydroxyl groups is 1. The first-order chi connectivity index (χ1) is 8.22. The van der Waals surface area contributed by atoms with Crippen LogP contribution in [-0.2, 0) is 9.84 Å². The molecule has 1 fully saturated rings. The zero-order valence-electron chi connectivity index (χ0n) is 11.8. The Kier molecular flexibility index (Phi) is 5.58. The van der Waals surface area contributed by atoms with Crippen molar-refractivity contribution in [3.63, 3.8) is 0 Å². The lowest BCUT2D eigenvalue weighted by Crippen LogP contribution is -2.40. The predicted molar refractivity (Wildman–Crippen MR) is 73.5 cm³/mol. The van der Waals surface area contributed by atoms with Crippen LogP contribution in [0, 0.1) is 0 Å². The van der Waals surface area contributed by atoms with Crippen molar-refractivity contribution in [3.05, 3.63) is 0 Å². The van der Waals surface area contributed by atoms with Gasteiger partial charge in [0.15, 0.2) is 9.84 Å². The molecule has 0 saturated carbocycles. The fraction of sp³-hybridized carbons (Fsp3) is 1.00. The molecule has 1 N–H and O–H groups in total. The molecule has 2 atom stereocenters. The lowest BCUT2D eigenvalue weighted by Gasteiger charge is -2.26. The summed E-state index contributed by atoms with van der Waals surface area (Å²) in [6.45, 7) is 5.40. The maximum Gasteiger partial charge on any atom is 0.153 e. The summed E-state index contributed by atoms with van der Waals surface area (Å²) in [6.07, 6.45) is 0.414. The molecule has 1 rings (SSSR count). The van der Waals surface area contributed by atoms with Crippen molar-refractivity contribution in [3.8, 4) is 0 Å². The number of aliphatic hydroxyl groups excluding tert-OH is 1. The molecule has 6 heteroatoms. The molecule has 0 aliphatic carbocycles. The zero-order chi connectivity index (χ0) is 13.9. The molecule has 1 saturated heterocycles. The average Bonchev–Trinajstić information content (AvgIpc) is 2.55. The number of sulfone groups is 1. The number of hydrogen-bond donors (Lipinski definition) is 1. The van der Waals surface area contributed by atoms with Crippen molar-refractivity contribution in [2.45, 2.75) is 37.7 Å². The Morgan fingerprint density at radius 3 is 2.50 bits per heavy atom. The minimum atomic E-state index is -2.99. The molecule has 1 aliphatic rings. The lowest BCUT2D eigenvalue weighted by atomic mass is 10.2. The third-order valence-corrected chi connectivity index (χ3v) is 5.65. The number of hydrogen-bond acceptors (Lipinski definition) is 5. The molecule has 0 spiro atoms. The molecular formula is C12H26N2O3S. The number of rotatable bonds is 6. The molecule has 0 radical (unpaired) electrons. The number of likely N-dealkylation sites (N-methyl/N-ethyl adjacent to an activating group) is 1. The largest absolute Gasteiger partial charge is 0.392 e. The lowest BCUT2D eigenvalue weighted by molar-refractivity contribution is 0.176. The second kappa shape index (κ2) is 6.32. The van der Waals surface area contributed by atoms with Crippen LogP contribution in [0.15, 0.2) is 0 Å². The maximum atomic E-state index is 11.8. The maximum absolute atomic E-state index is 11.8.